The summed E-state index contributed by atoms with van der Waals surface area (Å²) in [6.07, 6.45) is 2.59. The Morgan fingerprint density at radius 1 is 1.06 bits per heavy atom. The van der Waals surface area contributed by atoms with Gasteiger partial charge in [-0.2, -0.15) is 0 Å². The molecule has 33 heavy (non-hydrogen) atoms. The summed E-state index contributed by atoms with van der Waals surface area (Å²) in [6, 6.07) is 16.1. The molecular formula is C27H29NO5. The van der Waals surface area contributed by atoms with E-state index in [4.69, 9.17) is 14.2 Å². The van der Waals surface area contributed by atoms with Crippen LogP contribution in [0.25, 0.3) is 10.9 Å². The molecule has 2 aromatic carbocycles. The fraction of sp³-hybridized carbons (Fsp3) is 0.333. The van der Waals surface area contributed by atoms with Crippen LogP contribution in [-0.4, -0.2) is 37.8 Å². The summed E-state index contributed by atoms with van der Waals surface area (Å²) in [5, 5.41) is 1.06. The number of benzene rings is 2. The van der Waals surface area contributed by atoms with Crippen molar-refractivity contribution in [2.75, 3.05) is 21.3 Å². The van der Waals surface area contributed by atoms with Gasteiger partial charge in [-0.1, -0.05) is 42.5 Å². The first-order chi connectivity index (χ1) is 15.9. The smallest absolute Gasteiger partial charge is 0.323 e. The van der Waals surface area contributed by atoms with E-state index in [-0.39, 0.29) is 24.7 Å². The number of ether oxygens (including phenoxy) is 3. The maximum atomic E-state index is 12.8. The molecule has 1 aliphatic rings. The van der Waals surface area contributed by atoms with Crippen molar-refractivity contribution in [1.29, 1.82) is 0 Å². The van der Waals surface area contributed by atoms with E-state index in [1.807, 2.05) is 43.4 Å². The van der Waals surface area contributed by atoms with Crippen LogP contribution >= 0.6 is 0 Å². The average Bonchev–Trinajstić information content (AvgIpc) is 3.36. The molecule has 3 aromatic rings. The van der Waals surface area contributed by atoms with Gasteiger partial charge in [0.2, 0.25) is 0 Å². The summed E-state index contributed by atoms with van der Waals surface area (Å²) in [6.45, 7) is 4.31. The molecule has 6 nitrogen and oxygen atoms in total. The number of fused-ring (bicyclic) bond motifs is 1. The Balaban J connectivity index is 1.91. The van der Waals surface area contributed by atoms with E-state index in [2.05, 4.69) is 29.5 Å². The van der Waals surface area contributed by atoms with Crippen LogP contribution in [0.15, 0.2) is 66.9 Å². The normalized spacial score (nSPS) is 18.2. The van der Waals surface area contributed by atoms with Gasteiger partial charge < -0.3 is 18.8 Å². The van der Waals surface area contributed by atoms with Crippen molar-refractivity contribution in [3.63, 3.8) is 0 Å². The number of aryl methyl sites for hydroxylation is 1. The number of carbonyl (C=O) groups is 2. The summed E-state index contributed by atoms with van der Waals surface area (Å²) in [5.41, 5.74) is 2.70. The van der Waals surface area contributed by atoms with Gasteiger partial charge >= 0.3 is 11.9 Å². The van der Waals surface area contributed by atoms with E-state index < -0.39 is 17.4 Å². The van der Waals surface area contributed by atoms with Crippen LogP contribution in [-0.2, 0) is 26.1 Å². The molecule has 0 aliphatic heterocycles. The van der Waals surface area contributed by atoms with Crippen molar-refractivity contribution >= 4 is 22.8 Å². The molecule has 172 valence electrons. The van der Waals surface area contributed by atoms with Gasteiger partial charge in [-0.15, -0.1) is 0 Å². The van der Waals surface area contributed by atoms with Crippen LogP contribution < -0.4 is 4.74 Å². The predicted molar refractivity (Wildman–Crippen MR) is 126 cm³/mol. The maximum absolute atomic E-state index is 12.8. The summed E-state index contributed by atoms with van der Waals surface area (Å²) >= 11 is 0. The zero-order chi connectivity index (χ0) is 23.8. The molecule has 6 heteroatoms. The van der Waals surface area contributed by atoms with Gasteiger partial charge in [0.15, 0.2) is 5.41 Å². The van der Waals surface area contributed by atoms with Gasteiger partial charge in [0.1, 0.15) is 5.75 Å². The zero-order valence-corrected chi connectivity index (χ0v) is 19.5. The molecule has 0 radical (unpaired) electrons. The standard InChI is InChI=1S/C27H29NO5/c1-17-14-27(25(29)32-4,26(30)33-5)15-21(17)24(18-9-7-6-8-10-18)22-16-28(2)23-12-11-19(31-3)13-20(22)23/h6-13,16,21,24H,1,14-15H2,2-5H3/t21-,24-/m0/s1. The Kier molecular flexibility index (Phi) is 6.02. The van der Waals surface area contributed by atoms with Crippen LogP contribution in [0.2, 0.25) is 0 Å². The van der Waals surface area contributed by atoms with Crippen molar-refractivity contribution < 1.29 is 23.8 Å². The van der Waals surface area contributed by atoms with E-state index in [0.717, 1.165) is 33.4 Å². The number of carbonyl (C=O) groups excluding carboxylic acids is 2. The summed E-state index contributed by atoms with van der Waals surface area (Å²) in [4.78, 5) is 25.7. The fourth-order valence-corrected chi connectivity index (χ4v) is 5.31. The van der Waals surface area contributed by atoms with Crippen LogP contribution in [0.4, 0.5) is 0 Å². The Hall–Kier alpha value is -3.54. The van der Waals surface area contributed by atoms with Gasteiger partial charge in [-0.3, -0.25) is 9.59 Å². The minimum Gasteiger partial charge on any atom is -0.497 e. The number of nitrogens with zero attached hydrogens (tertiary/aromatic N) is 1. The lowest BCUT2D eigenvalue weighted by Gasteiger charge is -2.27. The van der Waals surface area contributed by atoms with E-state index in [0.29, 0.717) is 0 Å². The largest absolute Gasteiger partial charge is 0.497 e. The molecule has 0 amide bonds. The average molecular weight is 448 g/mol. The number of allylic oxidation sites excluding steroid dienone is 1. The first-order valence-electron chi connectivity index (χ1n) is 10.9. The molecule has 1 saturated carbocycles. The molecule has 1 aromatic heterocycles. The highest BCUT2D eigenvalue weighted by atomic mass is 16.5. The first-order valence-corrected chi connectivity index (χ1v) is 10.9. The molecule has 1 heterocycles. The molecule has 0 saturated heterocycles. The first kappa shape index (κ1) is 22.6. The molecule has 0 bridgehead atoms. The number of hydrogen-bond acceptors (Lipinski definition) is 5. The van der Waals surface area contributed by atoms with Gasteiger partial charge in [0, 0.05) is 30.1 Å². The fourth-order valence-electron chi connectivity index (χ4n) is 5.31. The van der Waals surface area contributed by atoms with Crippen LogP contribution in [0.5, 0.6) is 5.75 Å². The quantitative estimate of drug-likeness (QED) is 0.313. The highest BCUT2D eigenvalue weighted by molar-refractivity contribution is 6.01. The molecule has 4 rings (SSSR count). The summed E-state index contributed by atoms with van der Waals surface area (Å²) in [5.74, 6) is -0.674. The van der Waals surface area contributed by atoms with Crippen molar-refractivity contribution in [2.24, 2.45) is 18.4 Å². The third-order valence-corrected chi connectivity index (χ3v) is 6.90. The lowest BCUT2D eigenvalue weighted by Crippen LogP contribution is -2.39. The van der Waals surface area contributed by atoms with Crippen molar-refractivity contribution in [3.05, 3.63) is 78.0 Å². The SMILES string of the molecule is C=C1CC(C(=O)OC)(C(=O)OC)C[C@@H]1[C@H](c1ccccc1)c1cn(C)c2ccc(OC)cc12. The summed E-state index contributed by atoms with van der Waals surface area (Å²) < 4.78 is 17.7. The molecule has 1 fully saturated rings. The van der Waals surface area contributed by atoms with Crippen molar-refractivity contribution in [1.82, 2.24) is 4.57 Å². The highest BCUT2D eigenvalue weighted by Gasteiger charge is 2.56. The predicted octanol–water partition coefficient (Wildman–Crippen LogP) is 4.62. The number of aromatic nitrogens is 1. The van der Waals surface area contributed by atoms with E-state index in [9.17, 15) is 9.59 Å². The van der Waals surface area contributed by atoms with Crippen LogP contribution in [0.1, 0.15) is 29.9 Å². The second-order valence-electron chi connectivity index (χ2n) is 8.68. The number of esters is 2. The molecule has 1 aliphatic carbocycles. The number of rotatable bonds is 6. The monoisotopic (exact) mass is 447 g/mol. The molecule has 0 N–H and O–H groups in total. The van der Waals surface area contributed by atoms with Crippen molar-refractivity contribution in [2.45, 2.75) is 18.8 Å². The maximum Gasteiger partial charge on any atom is 0.323 e. The van der Waals surface area contributed by atoms with Crippen LogP contribution in [0.3, 0.4) is 0 Å². The third kappa shape index (κ3) is 3.69. The zero-order valence-electron chi connectivity index (χ0n) is 19.5. The van der Waals surface area contributed by atoms with E-state index >= 15 is 0 Å². The van der Waals surface area contributed by atoms with Gasteiger partial charge in [-0.05, 0) is 48.1 Å². The van der Waals surface area contributed by atoms with Gasteiger partial charge in [0.05, 0.1) is 21.3 Å². The molecular weight excluding hydrogens is 418 g/mol. The van der Waals surface area contributed by atoms with E-state index in [1.54, 1.807) is 7.11 Å². The Labute approximate surface area is 193 Å². The molecule has 2 atom stereocenters. The second-order valence-corrected chi connectivity index (χ2v) is 8.68. The Morgan fingerprint density at radius 2 is 1.73 bits per heavy atom. The number of hydrogen-bond donors (Lipinski definition) is 0. The van der Waals surface area contributed by atoms with Crippen molar-refractivity contribution in [3.8, 4) is 5.75 Å². The second kappa shape index (κ2) is 8.77. The summed E-state index contributed by atoms with van der Waals surface area (Å²) in [7, 11) is 6.26. The minimum absolute atomic E-state index is 0.120. The van der Waals surface area contributed by atoms with Gasteiger partial charge in [0.25, 0.3) is 0 Å². The lowest BCUT2D eigenvalue weighted by atomic mass is 9.76. The lowest BCUT2D eigenvalue weighted by molar-refractivity contribution is -0.168. The topological polar surface area (TPSA) is 66.8 Å². The number of methoxy groups -OCH3 is 3. The minimum atomic E-state index is -1.39. The Morgan fingerprint density at radius 3 is 2.33 bits per heavy atom. The molecule has 0 unspecified atom stereocenters. The third-order valence-electron chi connectivity index (χ3n) is 6.90. The molecule has 0 spiro atoms. The van der Waals surface area contributed by atoms with Crippen LogP contribution in [0, 0.1) is 11.3 Å². The van der Waals surface area contributed by atoms with Gasteiger partial charge in [-0.25, -0.2) is 0 Å². The Bertz CT molecular complexity index is 1190. The van der Waals surface area contributed by atoms with E-state index in [1.165, 1.54) is 14.2 Å². The highest BCUT2D eigenvalue weighted by Crippen LogP contribution is 2.54.